The Kier molecular flexibility index (Phi) is 5.59. The summed E-state index contributed by atoms with van der Waals surface area (Å²) in [5, 5.41) is 12.5. The molecule has 0 aromatic heterocycles. The minimum absolute atomic E-state index is 0.0196. The number of esters is 1. The van der Waals surface area contributed by atoms with Gasteiger partial charge in [0.15, 0.2) is 5.71 Å². The predicted octanol–water partition coefficient (Wildman–Crippen LogP) is 0.684. The van der Waals surface area contributed by atoms with Crippen LogP contribution >= 0.6 is 11.8 Å². The Morgan fingerprint density at radius 1 is 1.38 bits per heavy atom. The second-order valence-electron chi connectivity index (χ2n) is 6.49. The van der Waals surface area contributed by atoms with Crippen molar-refractivity contribution >= 4 is 41.4 Å². The van der Waals surface area contributed by atoms with Gasteiger partial charge in [0.2, 0.25) is 0 Å². The lowest BCUT2D eigenvalue weighted by Gasteiger charge is -2.44. The van der Waals surface area contributed by atoms with Crippen LogP contribution in [-0.2, 0) is 23.9 Å². The van der Waals surface area contributed by atoms with Crippen LogP contribution in [0, 0.1) is 0 Å². The van der Waals surface area contributed by atoms with Crippen LogP contribution in [0.1, 0.15) is 27.7 Å². The van der Waals surface area contributed by atoms with Crippen molar-refractivity contribution in [3.8, 4) is 0 Å². The predicted molar refractivity (Wildman–Crippen MR) is 91.2 cm³/mol. The largest absolute Gasteiger partial charge is 0.477 e. The van der Waals surface area contributed by atoms with Gasteiger partial charge in [-0.3, -0.25) is 14.5 Å². The first-order valence-corrected chi connectivity index (χ1v) is 8.66. The molecule has 0 saturated carbocycles. The zero-order chi connectivity index (χ0) is 19.6. The number of amides is 2. The van der Waals surface area contributed by atoms with Crippen LogP contribution in [0.5, 0.6) is 0 Å². The van der Waals surface area contributed by atoms with Gasteiger partial charge in [0.05, 0.1) is 0 Å². The molecule has 1 fully saturated rings. The second kappa shape index (κ2) is 7.36. The molecule has 142 valence electrons. The average Bonchev–Trinajstić information content (AvgIpc) is 2.50. The fraction of sp³-hybridized carbons (Fsp3) is 0.533. The third-order valence-electron chi connectivity index (χ3n) is 3.22. The highest BCUT2D eigenvalue weighted by molar-refractivity contribution is 8.01. The third kappa shape index (κ3) is 4.34. The molecular weight excluding hydrogens is 366 g/mol. The van der Waals surface area contributed by atoms with Gasteiger partial charge in [-0.1, -0.05) is 0 Å². The van der Waals surface area contributed by atoms with Gasteiger partial charge in [0.1, 0.15) is 23.3 Å². The molecule has 2 heterocycles. The van der Waals surface area contributed by atoms with E-state index < -0.39 is 34.9 Å². The molecular formula is C15H19N3O7S. The zero-order valence-corrected chi connectivity index (χ0v) is 15.5. The number of β-lactam (4-membered cyclic amide) rings is 1. The number of carboxylic acids is 1. The molecule has 0 aliphatic carbocycles. The van der Waals surface area contributed by atoms with Gasteiger partial charge in [-0.15, -0.1) is 11.8 Å². The first-order valence-electron chi connectivity index (χ1n) is 7.61. The molecule has 2 rings (SSSR count). The van der Waals surface area contributed by atoms with Gasteiger partial charge in [-0.05, 0) is 20.8 Å². The molecule has 2 amide bonds. The molecule has 10 nitrogen and oxygen atoms in total. The summed E-state index contributed by atoms with van der Waals surface area (Å²) in [5.41, 5.74) is 1.53. The molecule has 0 bridgehead atoms. The number of nitrogens with zero attached hydrogens (tertiary/aromatic N) is 2. The highest BCUT2D eigenvalue weighted by atomic mass is 32.2. The van der Waals surface area contributed by atoms with Crippen molar-refractivity contribution in [2.24, 2.45) is 5.10 Å². The molecule has 0 spiro atoms. The highest BCUT2D eigenvalue weighted by Gasteiger charge is 2.51. The van der Waals surface area contributed by atoms with E-state index in [9.17, 15) is 24.3 Å². The molecule has 1 atom stereocenters. The van der Waals surface area contributed by atoms with Crippen molar-refractivity contribution in [1.29, 1.82) is 0 Å². The van der Waals surface area contributed by atoms with E-state index in [0.29, 0.717) is 5.57 Å². The van der Waals surface area contributed by atoms with E-state index >= 15 is 0 Å². The summed E-state index contributed by atoms with van der Waals surface area (Å²) in [5.74, 6) is -2.25. The number of carbonyl (C=O) groups excluding carboxylic acids is 3. The van der Waals surface area contributed by atoms with E-state index in [4.69, 9.17) is 9.47 Å². The van der Waals surface area contributed by atoms with Gasteiger partial charge in [0.25, 0.3) is 5.91 Å². The Balaban J connectivity index is 2.13. The van der Waals surface area contributed by atoms with E-state index in [-0.39, 0.29) is 23.8 Å². The number of carboxylic acid groups (broad SMARTS) is 1. The summed E-state index contributed by atoms with van der Waals surface area (Å²) < 4.78 is 9.86. The van der Waals surface area contributed by atoms with Crippen molar-refractivity contribution in [1.82, 2.24) is 10.3 Å². The van der Waals surface area contributed by atoms with E-state index in [1.54, 1.807) is 20.8 Å². The third-order valence-corrected chi connectivity index (χ3v) is 4.48. The second-order valence-corrected chi connectivity index (χ2v) is 7.56. The van der Waals surface area contributed by atoms with Crippen molar-refractivity contribution in [2.75, 3.05) is 12.4 Å². The van der Waals surface area contributed by atoms with Crippen LogP contribution in [0.3, 0.4) is 0 Å². The number of thioether (sulfide) groups is 1. The number of hydrogen-bond acceptors (Lipinski definition) is 8. The minimum atomic E-state index is -1.30. The Morgan fingerprint density at radius 3 is 2.58 bits per heavy atom. The van der Waals surface area contributed by atoms with E-state index in [1.165, 1.54) is 18.7 Å². The van der Waals surface area contributed by atoms with Crippen LogP contribution in [0.2, 0.25) is 0 Å². The number of ether oxygens (including phenoxy) is 2. The van der Waals surface area contributed by atoms with Crippen molar-refractivity contribution in [3.63, 3.8) is 0 Å². The number of rotatable bonds is 4. The molecule has 11 heteroatoms. The first kappa shape index (κ1) is 19.8. The maximum atomic E-state index is 12.3. The Bertz CT molecular complexity index is 723. The van der Waals surface area contributed by atoms with Gasteiger partial charge < -0.3 is 14.6 Å². The van der Waals surface area contributed by atoms with Crippen LogP contribution in [0.25, 0.3) is 0 Å². The number of hydrazone groups is 1. The smallest absolute Gasteiger partial charge is 0.428 e. The normalized spacial score (nSPS) is 21.1. The highest BCUT2D eigenvalue weighted by Crippen LogP contribution is 2.38. The van der Waals surface area contributed by atoms with Crippen molar-refractivity contribution in [2.45, 2.75) is 38.7 Å². The molecule has 0 aromatic rings. The lowest BCUT2D eigenvalue weighted by atomic mass is 10.1. The van der Waals surface area contributed by atoms with E-state index in [0.717, 1.165) is 4.90 Å². The summed E-state index contributed by atoms with van der Waals surface area (Å²) in [4.78, 5) is 47.4. The lowest BCUT2D eigenvalue weighted by molar-refractivity contribution is -0.141. The number of nitrogens with one attached hydrogen (secondary N) is 1. The standard InChI is InChI=1S/C15H19N3O7S/c1-7(19)24-5-8-6-26-12-9(11(20)18(12)10(8)13(21)22)16-17-14(23)25-15(2,3)4/h12H,5-6H2,1-4H3,(H,17,23)(H,21,22)/b16-9-/t12-/m0/s1. The zero-order valence-electron chi connectivity index (χ0n) is 14.7. The summed E-state index contributed by atoms with van der Waals surface area (Å²) >= 11 is 1.24. The van der Waals surface area contributed by atoms with Crippen molar-refractivity contribution < 1.29 is 33.8 Å². The van der Waals surface area contributed by atoms with E-state index in [1.807, 2.05) is 0 Å². The van der Waals surface area contributed by atoms with E-state index in [2.05, 4.69) is 10.5 Å². The molecule has 26 heavy (non-hydrogen) atoms. The Morgan fingerprint density at radius 2 is 2.04 bits per heavy atom. The first-order chi connectivity index (χ1) is 12.0. The maximum Gasteiger partial charge on any atom is 0.428 e. The summed E-state index contributed by atoms with van der Waals surface area (Å²) in [6.45, 7) is 6.05. The molecule has 0 unspecified atom stereocenters. The molecule has 2 N–H and O–H groups in total. The molecule has 0 radical (unpaired) electrons. The number of hydrogen-bond donors (Lipinski definition) is 2. The summed E-state index contributed by atoms with van der Waals surface area (Å²) in [6, 6.07) is 0. The van der Waals surface area contributed by atoms with Gasteiger partial charge >= 0.3 is 18.0 Å². The number of aliphatic carboxylic acids is 1. The monoisotopic (exact) mass is 385 g/mol. The quantitative estimate of drug-likeness (QED) is 0.410. The number of fused-ring (bicyclic) bond motifs is 1. The summed E-state index contributed by atoms with van der Waals surface area (Å²) in [7, 11) is 0. The SMILES string of the molecule is CC(=O)OCC1=C(C(=O)O)N2C(=O)/C(=N/NC(=O)OC(C)(C)C)[C@@H]2SC1. The molecule has 1 saturated heterocycles. The molecule has 2 aliphatic heterocycles. The van der Waals surface area contributed by atoms with Crippen LogP contribution in [-0.4, -0.2) is 63.0 Å². The van der Waals surface area contributed by atoms with Crippen molar-refractivity contribution in [3.05, 3.63) is 11.3 Å². The average molecular weight is 385 g/mol. The van der Waals surface area contributed by atoms with Gasteiger partial charge in [-0.25, -0.2) is 15.0 Å². The van der Waals surface area contributed by atoms with Crippen LogP contribution in [0.15, 0.2) is 16.4 Å². The minimum Gasteiger partial charge on any atom is -0.477 e. The van der Waals surface area contributed by atoms with Crippen LogP contribution < -0.4 is 5.43 Å². The van der Waals surface area contributed by atoms with Crippen LogP contribution in [0.4, 0.5) is 4.79 Å². The molecule has 0 aromatic carbocycles. The lowest BCUT2D eigenvalue weighted by Crippen LogP contribution is -2.63. The number of carbonyl (C=O) groups is 4. The fourth-order valence-electron chi connectivity index (χ4n) is 2.25. The fourth-order valence-corrected chi connectivity index (χ4v) is 3.49. The maximum absolute atomic E-state index is 12.3. The summed E-state index contributed by atoms with van der Waals surface area (Å²) in [6.07, 6.45) is -0.818. The Labute approximate surface area is 153 Å². The topological polar surface area (TPSA) is 135 Å². The van der Waals surface area contributed by atoms with Gasteiger partial charge in [0, 0.05) is 18.2 Å². The molecule has 2 aliphatic rings. The van der Waals surface area contributed by atoms with Gasteiger partial charge in [-0.2, -0.15) is 5.10 Å². The Hall–Kier alpha value is -2.56.